The molecule has 19 heavy (non-hydrogen) atoms. The zero-order chi connectivity index (χ0) is 13.1. The first-order chi connectivity index (χ1) is 9.34. The van der Waals surface area contributed by atoms with Crippen LogP contribution in [0, 0.1) is 0 Å². The lowest BCUT2D eigenvalue weighted by atomic mass is 9.90. The molecule has 0 aromatic heterocycles. The molecule has 2 aliphatic heterocycles. The second kappa shape index (κ2) is 5.80. The van der Waals surface area contributed by atoms with Crippen molar-refractivity contribution in [3.05, 3.63) is 23.8 Å². The number of phenols is 1. The first-order valence-electron chi connectivity index (χ1n) is 7.21. The van der Waals surface area contributed by atoms with E-state index in [0.717, 1.165) is 51.4 Å². The van der Waals surface area contributed by atoms with Crippen molar-refractivity contribution in [3.63, 3.8) is 0 Å². The second-order valence-electron chi connectivity index (χ2n) is 5.39. The van der Waals surface area contributed by atoms with Crippen LogP contribution in [0.15, 0.2) is 18.2 Å². The summed E-state index contributed by atoms with van der Waals surface area (Å²) in [6.45, 7) is 5.53. The number of nitrogens with zero attached hydrogens (tertiary/aromatic N) is 1. The summed E-state index contributed by atoms with van der Waals surface area (Å²) in [4.78, 5) is 2.34. The van der Waals surface area contributed by atoms with Crippen LogP contribution in [0.4, 0.5) is 5.69 Å². The van der Waals surface area contributed by atoms with Crippen molar-refractivity contribution in [1.29, 1.82) is 0 Å². The van der Waals surface area contributed by atoms with Crippen LogP contribution in [-0.2, 0) is 4.74 Å². The largest absolute Gasteiger partial charge is 0.508 e. The van der Waals surface area contributed by atoms with Gasteiger partial charge in [-0.2, -0.15) is 0 Å². The molecule has 2 fully saturated rings. The fourth-order valence-corrected chi connectivity index (χ4v) is 3.00. The molecule has 0 amide bonds. The third-order valence-corrected chi connectivity index (χ3v) is 4.12. The minimum atomic E-state index is 0.436. The first-order valence-corrected chi connectivity index (χ1v) is 7.21. The Balaban J connectivity index is 1.82. The fraction of sp³-hybridized carbons (Fsp3) is 0.600. The standard InChI is InChI=1S/C15H22N2O2/c18-15-4-3-13(17-6-8-19-9-7-17)10-14(15)12-2-1-5-16-11-12/h3-4,10,12,16,18H,1-2,5-9,11H2. The quantitative estimate of drug-likeness (QED) is 0.851. The van der Waals surface area contributed by atoms with Gasteiger partial charge in [-0.1, -0.05) is 0 Å². The van der Waals surface area contributed by atoms with E-state index in [9.17, 15) is 5.11 Å². The van der Waals surface area contributed by atoms with Gasteiger partial charge in [0, 0.05) is 36.8 Å². The molecule has 4 heteroatoms. The Hall–Kier alpha value is -1.26. The molecule has 104 valence electrons. The van der Waals surface area contributed by atoms with Crippen LogP contribution >= 0.6 is 0 Å². The molecule has 0 aliphatic carbocycles. The molecule has 1 aromatic carbocycles. The molecular weight excluding hydrogens is 240 g/mol. The van der Waals surface area contributed by atoms with E-state index >= 15 is 0 Å². The summed E-state index contributed by atoms with van der Waals surface area (Å²) in [5, 5.41) is 13.5. The van der Waals surface area contributed by atoms with E-state index in [1.807, 2.05) is 12.1 Å². The number of aromatic hydroxyl groups is 1. The average Bonchev–Trinajstić information content (AvgIpc) is 2.49. The van der Waals surface area contributed by atoms with Gasteiger partial charge in [0.15, 0.2) is 0 Å². The summed E-state index contributed by atoms with van der Waals surface area (Å²) < 4.78 is 5.39. The number of hydrogen-bond acceptors (Lipinski definition) is 4. The van der Waals surface area contributed by atoms with E-state index in [2.05, 4.69) is 16.3 Å². The number of benzene rings is 1. The molecule has 2 aliphatic rings. The number of ether oxygens (including phenoxy) is 1. The van der Waals surface area contributed by atoms with Crippen molar-refractivity contribution >= 4 is 5.69 Å². The molecule has 0 bridgehead atoms. The predicted octanol–water partition coefficient (Wildman–Crippen LogP) is 1.70. The molecule has 1 unspecified atom stereocenters. The maximum absolute atomic E-state index is 10.1. The summed E-state index contributed by atoms with van der Waals surface area (Å²) in [6, 6.07) is 6.02. The summed E-state index contributed by atoms with van der Waals surface area (Å²) in [6.07, 6.45) is 2.35. The number of anilines is 1. The van der Waals surface area contributed by atoms with Gasteiger partial charge in [-0.15, -0.1) is 0 Å². The van der Waals surface area contributed by atoms with E-state index in [1.54, 1.807) is 0 Å². The number of hydrogen-bond donors (Lipinski definition) is 2. The molecule has 2 heterocycles. The number of morpholine rings is 1. The first kappa shape index (κ1) is 12.8. The maximum atomic E-state index is 10.1. The summed E-state index contributed by atoms with van der Waals surface area (Å²) in [5.41, 5.74) is 2.30. The van der Waals surface area contributed by atoms with Gasteiger partial charge in [-0.05, 0) is 37.6 Å². The van der Waals surface area contributed by atoms with Crippen LogP contribution < -0.4 is 10.2 Å². The Bertz CT molecular complexity index is 424. The van der Waals surface area contributed by atoms with E-state index in [-0.39, 0.29) is 0 Å². The third kappa shape index (κ3) is 2.85. The topological polar surface area (TPSA) is 44.7 Å². The van der Waals surface area contributed by atoms with E-state index < -0.39 is 0 Å². The Morgan fingerprint density at radius 2 is 2.11 bits per heavy atom. The van der Waals surface area contributed by atoms with Gasteiger partial charge < -0.3 is 20.1 Å². The molecule has 0 saturated carbocycles. The lowest BCUT2D eigenvalue weighted by molar-refractivity contribution is 0.122. The average molecular weight is 262 g/mol. The molecule has 3 rings (SSSR count). The van der Waals surface area contributed by atoms with Crippen LogP contribution in [0.1, 0.15) is 24.3 Å². The molecule has 0 spiro atoms. The van der Waals surface area contributed by atoms with Crippen molar-refractivity contribution in [3.8, 4) is 5.75 Å². The van der Waals surface area contributed by atoms with Gasteiger partial charge in [0.2, 0.25) is 0 Å². The minimum Gasteiger partial charge on any atom is -0.508 e. The van der Waals surface area contributed by atoms with Gasteiger partial charge >= 0.3 is 0 Å². The lowest BCUT2D eigenvalue weighted by Gasteiger charge is -2.30. The highest BCUT2D eigenvalue weighted by atomic mass is 16.5. The summed E-state index contributed by atoms with van der Waals surface area (Å²) >= 11 is 0. The molecule has 1 aromatic rings. The van der Waals surface area contributed by atoms with Gasteiger partial charge in [0.25, 0.3) is 0 Å². The number of rotatable bonds is 2. The van der Waals surface area contributed by atoms with Crippen LogP contribution in [-0.4, -0.2) is 44.5 Å². The van der Waals surface area contributed by atoms with Gasteiger partial charge in [-0.25, -0.2) is 0 Å². The Morgan fingerprint density at radius 1 is 1.26 bits per heavy atom. The zero-order valence-corrected chi connectivity index (χ0v) is 11.3. The molecule has 4 nitrogen and oxygen atoms in total. The molecule has 1 atom stereocenters. The van der Waals surface area contributed by atoms with E-state index in [4.69, 9.17) is 4.74 Å². The summed E-state index contributed by atoms with van der Waals surface area (Å²) in [5.74, 6) is 0.875. The van der Waals surface area contributed by atoms with Gasteiger partial charge in [0.1, 0.15) is 5.75 Å². The van der Waals surface area contributed by atoms with E-state index in [0.29, 0.717) is 11.7 Å². The fourth-order valence-electron chi connectivity index (χ4n) is 3.00. The number of phenolic OH excluding ortho intramolecular Hbond substituents is 1. The van der Waals surface area contributed by atoms with Crippen molar-refractivity contribution in [2.45, 2.75) is 18.8 Å². The van der Waals surface area contributed by atoms with E-state index in [1.165, 1.54) is 12.1 Å². The molecule has 0 radical (unpaired) electrons. The van der Waals surface area contributed by atoms with Crippen LogP contribution in [0.5, 0.6) is 5.75 Å². The summed E-state index contributed by atoms with van der Waals surface area (Å²) in [7, 11) is 0. The number of nitrogens with one attached hydrogen (secondary N) is 1. The maximum Gasteiger partial charge on any atom is 0.119 e. The SMILES string of the molecule is Oc1ccc(N2CCOCC2)cc1C1CCCNC1. The third-order valence-electron chi connectivity index (χ3n) is 4.12. The highest BCUT2D eigenvalue weighted by Crippen LogP contribution is 2.33. The van der Waals surface area contributed by atoms with Crippen molar-refractivity contribution in [2.75, 3.05) is 44.3 Å². The Kier molecular flexibility index (Phi) is 3.89. The molecule has 2 N–H and O–H groups in total. The predicted molar refractivity (Wildman–Crippen MR) is 76.0 cm³/mol. The Morgan fingerprint density at radius 3 is 2.84 bits per heavy atom. The van der Waals surface area contributed by atoms with Gasteiger partial charge in [0.05, 0.1) is 13.2 Å². The van der Waals surface area contributed by atoms with Crippen molar-refractivity contribution in [2.24, 2.45) is 0 Å². The second-order valence-corrected chi connectivity index (χ2v) is 5.39. The monoisotopic (exact) mass is 262 g/mol. The lowest BCUT2D eigenvalue weighted by Crippen LogP contribution is -2.36. The van der Waals surface area contributed by atoms with Crippen LogP contribution in [0.3, 0.4) is 0 Å². The van der Waals surface area contributed by atoms with Crippen molar-refractivity contribution in [1.82, 2.24) is 5.32 Å². The Labute approximate surface area is 114 Å². The van der Waals surface area contributed by atoms with Gasteiger partial charge in [-0.3, -0.25) is 0 Å². The minimum absolute atomic E-state index is 0.436. The van der Waals surface area contributed by atoms with Crippen LogP contribution in [0.2, 0.25) is 0 Å². The molecular formula is C15H22N2O2. The smallest absolute Gasteiger partial charge is 0.119 e. The van der Waals surface area contributed by atoms with Crippen molar-refractivity contribution < 1.29 is 9.84 Å². The highest BCUT2D eigenvalue weighted by molar-refractivity contribution is 5.54. The highest BCUT2D eigenvalue weighted by Gasteiger charge is 2.20. The number of piperidine rings is 1. The molecule has 2 saturated heterocycles. The van der Waals surface area contributed by atoms with Crippen LogP contribution in [0.25, 0.3) is 0 Å². The normalized spacial score (nSPS) is 24.4. The zero-order valence-electron chi connectivity index (χ0n) is 11.3.